The molecule has 1 saturated heterocycles. The molecule has 0 atom stereocenters. The second kappa shape index (κ2) is 8.70. The lowest BCUT2D eigenvalue weighted by molar-refractivity contribution is 0.0636. The largest absolute Gasteiger partial charge is 0.336 e. The maximum Gasteiger partial charge on any atom is 0.253 e. The van der Waals surface area contributed by atoms with Crippen molar-refractivity contribution in [2.45, 2.75) is 12.8 Å². The molecule has 0 aromatic heterocycles. The normalized spacial score (nSPS) is 15.4. The first-order valence-corrected chi connectivity index (χ1v) is 9.40. The summed E-state index contributed by atoms with van der Waals surface area (Å²) in [6, 6.07) is 15.6. The first-order chi connectivity index (χ1) is 12.1. The molecule has 5 heteroatoms. The molecule has 2 aromatic carbocycles. The van der Waals surface area contributed by atoms with Gasteiger partial charge in [0.15, 0.2) is 0 Å². The van der Waals surface area contributed by atoms with Gasteiger partial charge in [-0.15, -0.1) is 0 Å². The highest BCUT2D eigenvalue weighted by molar-refractivity contribution is 6.42. The minimum Gasteiger partial charge on any atom is -0.336 e. The van der Waals surface area contributed by atoms with Gasteiger partial charge in [-0.05, 0) is 43.1 Å². The van der Waals surface area contributed by atoms with Gasteiger partial charge >= 0.3 is 0 Å². The van der Waals surface area contributed by atoms with Crippen molar-refractivity contribution in [2.75, 3.05) is 32.7 Å². The summed E-state index contributed by atoms with van der Waals surface area (Å²) in [5.74, 6) is 0.0301. The van der Waals surface area contributed by atoms with Crippen LogP contribution < -0.4 is 0 Å². The molecule has 132 valence electrons. The van der Waals surface area contributed by atoms with Gasteiger partial charge in [-0.25, -0.2) is 0 Å². The molecule has 0 N–H and O–H groups in total. The average molecular weight is 377 g/mol. The van der Waals surface area contributed by atoms with Crippen LogP contribution in [-0.2, 0) is 6.42 Å². The maximum atomic E-state index is 12.6. The summed E-state index contributed by atoms with van der Waals surface area (Å²) in [6.45, 7) is 4.42. The molecule has 0 saturated carbocycles. The van der Waals surface area contributed by atoms with E-state index in [9.17, 15) is 4.79 Å². The Labute approximate surface area is 159 Å². The van der Waals surface area contributed by atoms with Crippen LogP contribution >= 0.6 is 23.2 Å². The zero-order valence-corrected chi connectivity index (χ0v) is 15.6. The number of hydrogen-bond donors (Lipinski definition) is 0. The van der Waals surface area contributed by atoms with Crippen molar-refractivity contribution in [3.63, 3.8) is 0 Å². The third-order valence-corrected chi connectivity index (χ3v) is 5.35. The van der Waals surface area contributed by atoms with Crippen LogP contribution in [0.25, 0.3) is 0 Å². The minimum absolute atomic E-state index is 0.0301. The molecular formula is C20H22Cl2N2O. The molecule has 0 aliphatic carbocycles. The lowest BCUT2D eigenvalue weighted by Crippen LogP contribution is -2.48. The molecule has 1 heterocycles. The highest BCUT2D eigenvalue weighted by Gasteiger charge is 2.22. The number of rotatable bonds is 5. The zero-order chi connectivity index (χ0) is 17.6. The van der Waals surface area contributed by atoms with E-state index in [2.05, 4.69) is 29.2 Å². The SMILES string of the molecule is O=C(c1ccc(Cl)c(Cl)c1)N1CCN(CCCc2ccccc2)CC1. The molecule has 0 unspecified atom stereocenters. The third kappa shape index (κ3) is 4.97. The molecule has 1 fully saturated rings. The molecule has 25 heavy (non-hydrogen) atoms. The molecule has 1 aliphatic rings. The number of aryl methyl sites for hydroxylation is 1. The number of amides is 1. The topological polar surface area (TPSA) is 23.6 Å². The van der Waals surface area contributed by atoms with Crippen LogP contribution in [0.2, 0.25) is 10.0 Å². The van der Waals surface area contributed by atoms with Crippen LogP contribution in [0.1, 0.15) is 22.3 Å². The Bertz CT molecular complexity index is 713. The number of carbonyl (C=O) groups excluding carboxylic acids is 1. The summed E-state index contributed by atoms with van der Waals surface area (Å²) >= 11 is 11.9. The first-order valence-electron chi connectivity index (χ1n) is 8.64. The second-order valence-electron chi connectivity index (χ2n) is 6.35. The standard InChI is InChI=1S/C20H22Cl2N2O/c21-18-9-8-17(15-19(18)22)20(25)24-13-11-23(12-14-24)10-4-7-16-5-2-1-3-6-16/h1-3,5-6,8-9,15H,4,7,10-14H2. The Morgan fingerprint density at radius 2 is 1.64 bits per heavy atom. The number of carbonyl (C=O) groups is 1. The van der Waals surface area contributed by atoms with Gasteiger partial charge in [0, 0.05) is 31.7 Å². The van der Waals surface area contributed by atoms with Crippen molar-refractivity contribution < 1.29 is 4.79 Å². The minimum atomic E-state index is 0.0301. The Kier molecular flexibility index (Phi) is 6.35. The van der Waals surface area contributed by atoms with E-state index in [1.165, 1.54) is 5.56 Å². The molecule has 3 rings (SSSR count). The third-order valence-electron chi connectivity index (χ3n) is 4.61. The Balaban J connectivity index is 1.45. The van der Waals surface area contributed by atoms with Crippen LogP contribution in [0, 0.1) is 0 Å². The van der Waals surface area contributed by atoms with Gasteiger partial charge in [0.2, 0.25) is 0 Å². The Hall–Kier alpha value is -1.55. The highest BCUT2D eigenvalue weighted by atomic mass is 35.5. The number of benzene rings is 2. The zero-order valence-electron chi connectivity index (χ0n) is 14.1. The smallest absolute Gasteiger partial charge is 0.253 e. The molecule has 3 nitrogen and oxygen atoms in total. The summed E-state index contributed by atoms with van der Waals surface area (Å²) in [6.07, 6.45) is 2.24. The van der Waals surface area contributed by atoms with Gasteiger partial charge in [0.05, 0.1) is 10.0 Å². The van der Waals surface area contributed by atoms with Crippen LogP contribution in [0.5, 0.6) is 0 Å². The predicted octanol–water partition coefficient (Wildman–Crippen LogP) is 4.38. The number of halogens is 2. The fourth-order valence-corrected chi connectivity index (χ4v) is 3.44. The van der Waals surface area contributed by atoms with Crippen molar-refractivity contribution in [3.8, 4) is 0 Å². The van der Waals surface area contributed by atoms with Crippen molar-refractivity contribution in [1.82, 2.24) is 9.80 Å². The highest BCUT2D eigenvalue weighted by Crippen LogP contribution is 2.23. The molecule has 0 spiro atoms. The Morgan fingerprint density at radius 1 is 0.920 bits per heavy atom. The van der Waals surface area contributed by atoms with Crippen molar-refractivity contribution in [3.05, 3.63) is 69.7 Å². The van der Waals surface area contributed by atoms with Crippen molar-refractivity contribution >= 4 is 29.1 Å². The summed E-state index contributed by atoms with van der Waals surface area (Å²) in [5.41, 5.74) is 1.99. The van der Waals surface area contributed by atoms with E-state index in [1.807, 2.05) is 11.0 Å². The van der Waals surface area contributed by atoms with E-state index in [1.54, 1.807) is 18.2 Å². The van der Waals surface area contributed by atoms with Crippen LogP contribution in [0.4, 0.5) is 0 Å². The van der Waals surface area contributed by atoms with E-state index in [4.69, 9.17) is 23.2 Å². The van der Waals surface area contributed by atoms with Gasteiger partial charge in [-0.2, -0.15) is 0 Å². The second-order valence-corrected chi connectivity index (χ2v) is 7.17. The molecule has 1 amide bonds. The fourth-order valence-electron chi connectivity index (χ4n) is 3.14. The molecule has 0 radical (unpaired) electrons. The van der Waals surface area contributed by atoms with Gasteiger partial charge in [-0.3, -0.25) is 9.69 Å². The van der Waals surface area contributed by atoms with E-state index >= 15 is 0 Å². The Morgan fingerprint density at radius 3 is 2.32 bits per heavy atom. The van der Waals surface area contributed by atoms with E-state index in [0.717, 1.165) is 45.6 Å². The first kappa shape index (κ1) is 18.2. The fraction of sp³-hybridized carbons (Fsp3) is 0.350. The maximum absolute atomic E-state index is 12.6. The summed E-state index contributed by atoms with van der Waals surface area (Å²) in [4.78, 5) is 16.9. The lowest BCUT2D eigenvalue weighted by Gasteiger charge is -2.34. The van der Waals surface area contributed by atoms with Crippen LogP contribution in [0.15, 0.2) is 48.5 Å². The molecule has 0 bridgehead atoms. The van der Waals surface area contributed by atoms with Gasteiger partial charge < -0.3 is 4.90 Å². The number of nitrogens with zero attached hydrogens (tertiary/aromatic N) is 2. The number of piperazine rings is 1. The van der Waals surface area contributed by atoms with E-state index in [-0.39, 0.29) is 5.91 Å². The van der Waals surface area contributed by atoms with Crippen LogP contribution in [0.3, 0.4) is 0 Å². The molecule has 2 aromatic rings. The van der Waals surface area contributed by atoms with E-state index < -0.39 is 0 Å². The molecule has 1 aliphatic heterocycles. The number of hydrogen-bond acceptors (Lipinski definition) is 2. The van der Waals surface area contributed by atoms with Crippen molar-refractivity contribution in [2.24, 2.45) is 0 Å². The quantitative estimate of drug-likeness (QED) is 0.772. The summed E-state index contributed by atoms with van der Waals surface area (Å²) in [7, 11) is 0. The van der Waals surface area contributed by atoms with Gasteiger partial charge in [0.1, 0.15) is 0 Å². The average Bonchev–Trinajstić information content (AvgIpc) is 2.65. The van der Waals surface area contributed by atoms with Gasteiger partial charge in [-0.1, -0.05) is 53.5 Å². The summed E-state index contributed by atoms with van der Waals surface area (Å²) in [5, 5.41) is 0.897. The monoisotopic (exact) mass is 376 g/mol. The van der Waals surface area contributed by atoms with Crippen LogP contribution in [-0.4, -0.2) is 48.4 Å². The predicted molar refractivity (Wildman–Crippen MR) is 104 cm³/mol. The van der Waals surface area contributed by atoms with E-state index in [0.29, 0.717) is 15.6 Å². The van der Waals surface area contributed by atoms with Gasteiger partial charge in [0.25, 0.3) is 5.91 Å². The lowest BCUT2D eigenvalue weighted by atomic mass is 10.1. The summed E-state index contributed by atoms with van der Waals surface area (Å²) < 4.78 is 0. The van der Waals surface area contributed by atoms with Crippen molar-refractivity contribution in [1.29, 1.82) is 0 Å². The molecular weight excluding hydrogens is 355 g/mol.